The molecule has 11 heteroatoms. The van der Waals surface area contributed by atoms with Crippen molar-refractivity contribution in [3.8, 4) is 11.6 Å². The first kappa shape index (κ1) is 24.7. The molecule has 2 N–H and O–H groups in total. The van der Waals surface area contributed by atoms with Crippen LogP contribution in [0.2, 0.25) is 5.02 Å². The van der Waals surface area contributed by atoms with Crippen molar-refractivity contribution < 1.29 is 19.1 Å². The van der Waals surface area contributed by atoms with Crippen molar-refractivity contribution >= 4 is 50.9 Å². The summed E-state index contributed by atoms with van der Waals surface area (Å²) in [5, 5.41) is 19.2. The van der Waals surface area contributed by atoms with Gasteiger partial charge in [0.05, 0.1) is 28.3 Å². The van der Waals surface area contributed by atoms with E-state index in [0.29, 0.717) is 63.0 Å². The molecule has 0 spiro atoms. The Morgan fingerprint density at radius 2 is 1.97 bits per heavy atom. The molecule has 0 aliphatic rings. The highest BCUT2D eigenvalue weighted by Gasteiger charge is 2.26. The number of rotatable bonds is 6. The summed E-state index contributed by atoms with van der Waals surface area (Å²) in [6.07, 6.45) is 6.79. The van der Waals surface area contributed by atoms with E-state index in [2.05, 4.69) is 25.4 Å². The van der Waals surface area contributed by atoms with Crippen LogP contribution < -0.4 is 5.32 Å². The number of pyridine rings is 1. The fraction of sp³-hybridized carbons (Fsp3) is 0.269. The van der Waals surface area contributed by atoms with Crippen molar-refractivity contribution in [2.24, 2.45) is 0 Å². The van der Waals surface area contributed by atoms with E-state index in [1.165, 1.54) is 4.68 Å². The van der Waals surface area contributed by atoms with Crippen LogP contribution in [0.15, 0.2) is 53.5 Å². The molecule has 37 heavy (non-hydrogen) atoms. The minimum atomic E-state index is -0.725. The van der Waals surface area contributed by atoms with Gasteiger partial charge in [0.2, 0.25) is 0 Å². The second-order valence-electron chi connectivity index (χ2n) is 9.36. The Morgan fingerprint density at radius 1 is 1.19 bits per heavy atom. The number of carbonyl (C=O) groups is 1. The zero-order valence-corrected chi connectivity index (χ0v) is 21.3. The van der Waals surface area contributed by atoms with Gasteiger partial charge in [-0.2, -0.15) is 9.78 Å². The van der Waals surface area contributed by atoms with Gasteiger partial charge < -0.3 is 19.6 Å². The fourth-order valence-corrected chi connectivity index (χ4v) is 4.27. The van der Waals surface area contributed by atoms with Gasteiger partial charge in [0.1, 0.15) is 11.1 Å². The molecule has 4 aromatic heterocycles. The summed E-state index contributed by atoms with van der Waals surface area (Å²) in [5.41, 5.74) is 2.09. The van der Waals surface area contributed by atoms with E-state index in [1.807, 2.05) is 12.1 Å². The van der Waals surface area contributed by atoms with Crippen LogP contribution in [0.1, 0.15) is 32.9 Å². The highest BCUT2D eigenvalue weighted by Crippen LogP contribution is 2.41. The second-order valence-corrected chi connectivity index (χ2v) is 9.77. The molecule has 5 aromatic rings. The normalized spacial score (nSPS) is 11.8. The molecule has 0 saturated carbocycles. The van der Waals surface area contributed by atoms with E-state index in [4.69, 9.17) is 20.8 Å². The van der Waals surface area contributed by atoms with Crippen LogP contribution in [0, 0.1) is 0 Å². The summed E-state index contributed by atoms with van der Waals surface area (Å²) in [5.74, 6) is 0.833. The van der Waals surface area contributed by atoms with Gasteiger partial charge in [0.25, 0.3) is 0 Å². The molecule has 0 fully saturated rings. The molecule has 0 aliphatic heterocycles. The number of aliphatic hydroxyl groups excluding tert-OH is 1. The molecule has 0 atom stereocenters. The standard InChI is InChI=1S/C26H25ClN6O4/c1-26(2,3)37-25(35)33-22-16(27)7-8-17(20(22)18(32-33)6-4-13-34)31-21-15-9-12-28-14-19(15)36-23(21)24-29-10-5-11-30-24/h5,7-12,14,31,34H,4,6,13H2,1-3H3. The molecule has 5 rings (SSSR count). The number of nitrogens with zero attached hydrogens (tertiary/aromatic N) is 5. The van der Waals surface area contributed by atoms with Crippen LogP contribution >= 0.6 is 11.6 Å². The molecular formula is C26H25ClN6O4. The lowest BCUT2D eigenvalue weighted by molar-refractivity contribution is 0.0522. The molecule has 0 unspecified atom stereocenters. The average Bonchev–Trinajstić information content (AvgIpc) is 3.44. The number of anilines is 2. The van der Waals surface area contributed by atoms with E-state index in [0.717, 1.165) is 5.39 Å². The maximum Gasteiger partial charge on any atom is 0.435 e. The third-order valence-corrected chi connectivity index (χ3v) is 5.81. The summed E-state index contributed by atoms with van der Waals surface area (Å²) >= 11 is 6.61. The molecule has 0 bridgehead atoms. The van der Waals surface area contributed by atoms with Crippen LogP contribution in [-0.4, -0.2) is 48.1 Å². The van der Waals surface area contributed by atoms with Gasteiger partial charge in [-0.15, -0.1) is 0 Å². The lowest BCUT2D eigenvalue weighted by Gasteiger charge is -2.19. The van der Waals surface area contributed by atoms with Crippen LogP contribution in [-0.2, 0) is 11.2 Å². The highest BCUT2D eigenvalue weighted by atomic mass is 35.5. The second kappa shape index (κ2) is 9.79. The van der Waals surface area contributed by atoms with Gasteiger partial charge in [0.15, 0.2) is 17.2 Å². The Labute approximate surface area is 217 Å². The number of aromatic nitrogens is 5. The number of carbonyl (C=O) groups excluding carboxylic acids is 1. The number of aryl methyl sites for hydroxylation is 1. The van der Waals surface area contributed by atoms with E-state index in [1.54, 1.807) is 57.7 Å². The van der Waals surface area contributed by atoms with Gasteiger partial charge in [-0.05, 0) is 57.9 Å². The molecular weight excluding hydrogens is 496 g/mol. The Balaban J connectivity index is 1.70. The summed E-state index contributed by atoms with van der Waals surface area (Å²) in [6.45, 7) is 5.32. The number of ether oxygens (including phenoxy) is 1. The molecule has 190 valence electrons. The van der Waals surface area contributed by atoms with Crippen LogP contribution in [0.25, 0.3) is 33.5 Å². The SMILES string of the molecule is CC(C)(C)OC(=O)n1nc(CCCO)c2c(Nc3c(-c4ncccn4)oc4cnccc34)ccc(Cl)c21. The monoisotopic (exact) mass is 520 g/mol. The average molecular weight is 521 g/mol. The Kier molecular flexibility index (Phi) is 6.53. The zero-order chi connectivity index (χ0) is 26.2. The van der Waals surface area contributed by atoms with Crippen LogP contribution in [0.4, 0.5) is 16.2 Å². The summed E-state index contributed by atoms with van der Waals surface area (Å²) < 4.78 is 12.8. The van der Waals surface area contributed by atoms with Gasteiger partial charge >= 0.3 is 6.09 Å². The lowest BCUT2D eigenvalue weighted by atomic mass is 10.1. The topological polar surface area (TPSA) is 128 Å². The Morgan fingerprint density at radius 3 is 2.70 bits per heavy atom. The van der Waals surface area contributed by atoms with Gasteiger partial charge in [-0.1, -0.05) is 11.6 Å². The summed E-state index contributed by atoms with van der Waals surface area (Å²) in [7, 11) is 0. The molecule has 4 heterocycles. The quantitative estimate of drug-likeness (QED) is 0.288. The first-order chi connectivity index (χ1) is 17.8. The first-order valence-electron chi connectivity index (χ1n) is 11.7. The third-order valence-electron chi connectivity index (χ3n) is 5.51. The van der Waals surface area contributed by atoms with Crippen LogP contribution in [0.3, 0.4) is 0 Å². The Bertz CT molecular complexity index is 1590. The third kappa shape index (κ3) is 4.85. The maximum atomic E-state index is 13.1. The van der Waals surface area contributed by atoms with E-state index < -0.39 is 11.7 Å². The number of hydrogen-bond donors (Lipinski definition) is 2. The number of halogens is 1. The van der Waals surface area contributed by atoms with Crippen molar-refractivity contribution in [3.05, 3.63) is 59.8 Å². The number of fused-ring (bicyclic) bond motifs is 2. The summed E-state index contributed by atoms with van der Waals surface area (Å²) in [6, 6.07) is 7.05. The minimum Gasteiger partial charge on any atom is -0.449 e. The highest BCUT2D eigenvalue weighted by molar-refractivity contribution is 6.36. The zero-order valence-electron chi connectivity index (χ0n) is 20.5. The van der Waals surface area contributed by atoms with E-state index in [-0.39, 0.29) is 6.61 Å². The van der Waals surface area contributed by atoms with Crippen molar-refractivity contribution in [2.45, 2.75) is 39.2 Å². The van der Waals surface area contributed by atoms with E-state index >= 15 is 0 Å². The Hall–Kier alpha value is -4.02. The predicted molar refractivity (Wildman–Crippen MR) is 140 cm³/mol. The van der Waals surface area contributed by atoms with Crippen molar-refractivity contribution in [1.82, 2.24) is 24.7 Å². The number of benzene rings is 1. The molecule has 0 saturated heterocycles. The number of furan rings is 1. The minimum absolute atomic E-state index is 0.0288. The van der Waals surface area contributed by atoms with E-state index in [9.17, 15) is 9.90 Å². The molecule has 0 aliphatic carbocycles. The van der Waals surface area contributed by atoms with Gasteiger partial charge in [-0.3, -0.25) is 4.98 Å². The maximum absolute atomic E-state index is 13.1. The van der Waals surface area contributed by atoms with Crippen molar-refractivity contribution in [2.75, 3.05) is 11.9 Å². The lowest BCUT2D eigenvalue weighted by Crippen LogP contribution is -2.27. The molecule has 0 radical (unpaired) electrons. The largest absolute Gasteiger partial charge is 0.449 e. The first-order valence-corrected chi connectivity index (χ1v) is 12.1. The number of hydrogen-bond acceptors (Lipinski definition) is 9. The molecule has 0 amide bonds. The fourth-order valence-electron chi connectivity index (χ4n) is 4.03. The predicted octanol–water partition coefficient (Wildman–Crippen LogP) is 5.74. The smallest absolute Gasteiger partial charge is 0.435 e. The number of aliphatic hydroxyl groups is 1. The van der Waals surface area contributed by atoms with Crippen LogP contribution in [0.5, 0.6) is 0 Å². The molecule has 10 nitrogen and oxygen atoms in total. The number of nitrogens with one attached hydrogen (secondary N) is 1. The summed E-state index contributed by atoms with van der Waals surface area (Å²) in [4.78, 5) is 25.9. The van der Waals surface area contributed by atoms with Crippen molar-refractivity contribution in [1.29, 1.82) is 0 Å². The van der Waals surface area contributed by atoms with Crippen molar-refractivity contribution in [3.63, 3.8) is 0 Å². The molecule has 1 aromatic carbocycles. The van der Waals surface area contributed by atoms with Gasteiger partial charge in [0, 0.05) is 36.0 Å². The van der Waals surface area contributed by atoms with Gasteiger partial charge in [-0.25, -0.2) is 14.8 Å².